The third-order valence-electron chi connectivity index (χ3n) is 3.66. The van der Waals surface area contributed by atoms with Crippen LogP contribution in [0.2, 0.25) is 0 Å². The summed E-state index contributed by atoms with van der Waals surface area (Å²) >= 11 is 0. The number of carbonyl (C=O) groups is 1. The molecule has 1 unspecified atom stereocenters. The standard InChI is InChI=1S/C18H30N2O/c1-3-5-7-13-19-17-11-9-16(10-12-17)18(15-21)20-14-8-6-4-2/h9-12,15,18-20H,3-8,13-14H2,1-2H3. The van der Waals surface area contributed by atoms with Gasteiger partial charge in [0, 0.05) is 12.2 Å². The topological polar surface area (TPSA) is 41.1 Å². The fraction of sp³-hybridized carbons (Fsp3) is 0.611. The maximum absolute atomic E-state index is 11.2. The van der Waals surface area contributed by atoms with Crippen LogP contribution in [0.25, 0.3) is 0 Å². The van der Waals surface area contributed by atoms with Crippen LogP contribution in [-0.4, -0.2) is 19.4 Å². The first-order valence-corrected chi connectivity index (χ1v) is 8.34. The van der Waals surface area contributed by atoms with Crippen LogP contribution in [0.3, 0.4) is 0 Å². The SMILES string of the molecule is CCCCCNc1ccc(C(C=O)NCCCCC)cc1. The highest BCUT2D eigenvalue weighted by molar-refractivity contribution is 5.62. The van der Waals surface area contributed by atoms with Crippen LogP contribution in [0.4, 0.5) is 5.69 Å². The summed E-state index contributed by atoms with van der Waals surface area (Å²) < 4.78 is 0. The third kappa shape index (κ3) is 7.28. The molecule has 21 heavy (non-hydrogen) atoms. The summed E-state index contributed by atoms with van der Waals surface area (Å²) in [4.78, 5) is 11.2. The van der Waals surface area contributed by atoms with Crippen molar-refractivity contribution in [3.05, 3.63) is 29.8 Å². The Balaban J connectivity index is 2.40. The van der Waals surface area contributed by atoms with Crippen molar-refractivity contribution in [3.8, 4) is 0 Å². The Kier molecular flexibility index (Phi) is 9.55. The van der Waals surface area contributed by atoms with Gasteiger partial charge in [0.2, 0.25) is 0 Å². The van der Waals surface area contributed by atoms with Gasteiger partial charge >= 0.3 is 0 Å². The van der Waals surface area contributed by atoms with E-state index in [1.165, 1.54) is 32.1 Å². The van der Waals surface area contributed by atoms with Crippen molar-refractivity contribution in [2.24, 2.45) is 0 Å². The number of unbranched alkanes of at least 4 members (excludes halogenated alkanes) is 4. The number of aldehydes is 1. The van der Waals surface area contributed by atoms with Crippen LogP contribution in [0.5, 0.6) is 0 Å². The Labute approximate surface area is 129 Å². The van der Waals surface area contributed by atoms with Gasteiger partial charge in [-0.3, -0.25) is 0 Å². The number of benzene rings is 1. The fourth-order valence-corrected chi connectivity index (χ4v) is 2.29. The predicted octanol–water partition coefficient (Wildman–Crippen LogP) is 4.31. The van der Waals surface area contributed by atoms with Gasteiger partial charge in [-0.1, -0.05) is 51.7 Å². The highest BCUT2D eigenvalue weighted by atomic mass is 16.1. The van der Waals surface area contributed by atoms with E-state index in [9.17, 15) is 4.79 Å². The Hall–Kier alpha value is -1.35. The van der Waals surface area contributed by atoms with Crippen molar-refractivity contribution in [1.82, 2.24) is 5.32 Å². The van der Waals surface area contributed by atoms with Gasteiger partial charge in [-0.25, -0.2) is 0 Å². The van der Waals surface area contributed by atoms with E-state index in [0.717, 1.165) is 37.0 Å². The van der Waals surface area contributed by atoms with Gasteiger partial charge < -0.3 is 15.4 Å². The molecule has 0 saturated carbocycles. The summed E-state index contributed by atoms with van der Waals surface area (Å²) in [7, 11) is 0. The molecule has 0 saturated heterocycles. The summed E-state index contributed by atoms with van der Waals surface area (Å²) in [6, 6.07) is 8.01. The molecular formula is C18H30N2O. The molecule has 2 N–H and O–H groups in total. The van der Waals surface area contributed by atoms with E-state index in [1.807, 2.05) is 12.1 Å². The van der Waals surface area contributed by atoms with Gasteiger partial charge in [-0.15, -0.1) is 0 Å². The quantitative estimate of drug-likeness (QED) is 0.445. The Morgan fingerprint density at radius 2 is 1.57 bits per heavy atom. The molecule has 0 bridgehead atoms. The monoisotopic (exact) mass is 290 g/mol. The minimum Gasteiger partial charge on any atom is -0.385 e. The minimum atomic E-state index is -0.184. The second-order valence-corrected chi connectivity index (χ2v) is 5.53. The van der Waals surface area contributed by atoms with E-state index in [4.69, 9.17) is 0 Å². The van der Waals surface area contributed by atoms with E-state index in [-0.39, 0.29) is 6.04 Å². The molecule has 1 aromatic rings. The molecule has 0 radical (unpaired) electrons. The molecule has 3 nitrogen and oxygen atoms in total. The highest BCUT2D eigenvalue weighted by Gasteiger charge is 2.08. The predicted molar refractivity (Wildman–Crippen MR) is 90.8 cm³/mol. The molecule has 0 aromatic heterocycles. The van der Waals surface area contributed by atoms with Crippen LogP contribution >= 0.6 is 0 Å². The van der Waals surface area contributed by atoms with Crippen LogP contribution in [-0.2, 0) is 4.79 Å². The van der Waals surface area contributed by atoms with E-state index >= 15 is 0 Å². The molecule has 0 aliphatic rings. The van der Waals surface area contributed by atoms with E-state index < -0.39 is 0 Å². The molecule has 118 valence electrons. The van der Waals surface area contributed by atoms with Gasteiger partial charge in [0.15, 0.2) is 0 Å². The molecule has 1 aromatic carbocycles. The van der Waals surface area contributed by atoms with Gasteiger partial charge in [-0.2, -0.15) is 0 Å². The molecular weight excluding hydrogens is 260 g/mol. The Morgan fingerprint density at radius 3 is 2.14 bits per heavy atom. The van der Waals surface area contributed by atoms with E-state index in [1.54, 1.807) is 0 Å². The number of nitrogens with one attached hydrogen (secondary N) is 2. The summed E-state index contributed by atoms with van der Waals surface area (Å²) in [5, 5.41) is 6.73. The zero-order chi connectivity index (χ0) is 15.3. The van der Waals surface area contributed by atoms with Crippen LogP contribution < -0.4 is 10.6 Å². The molecule has 0 aliphatic heterocycles. The van der Waals surface area contributed by atoms with Gasteiger partial charge in [0.05, 0.1) is 6.04 Å². The largest absolute Gasteiger partial charge is 0.385 e. The number of hydrogen-bond donors (Lipinski definition) is 2. The van der Waals surface area contributed by atoms with E-state index in [0.29, 0.717) is 0 Å². The maximum atomic E-state index is 11.2. The number of carbonyl (C=O) groups excluding carboxylic acids is 1. The molecule has 1 atom stereocenters. The molecule has 1 rings (SSSR count). The first-order valence-electron chi connectivity index (χ1n) is 8.34. The maximum Gasteiger partial charge on any atom is 0.141 e. The van der Waals surface area contributed by atoms with Crippen molar-refractivity contribution in [1.29, 1.82) is 0 Å². The first kappa shape index (κ1) is 17.7. The number of hydrogen-bond acceptors (Lipinski definition) is 3. The van der Waals surface area contributed by atoms with Gasteiger partial charge in [0.25, 0.3) is 0 Å². The average molecular weight is 290 g/mol. The van der Waals surface area contributed by atoms with Crippen LogP contribution in [0.1, 0.15) is 64.0 Å². The summed E-state index contributed by atoms with van der Waals surface area (Å²) in [5.74, 6) is 0. The van der Waals surface area contributed by atoms with Crippen molar-refractivity contribution in [2.75, 3.05) is 18.4 Å². The zero-order valence-electron chi connectivity index (χ0n) is 13.5. The van der Waals surface area contributed by atoms with Gasteiger partial charge in [-0.05, 0) is 37.1 Å². The zero-order valence-corrected chi connectivity index (χ0v) is 13.5. The summed E-state index contributed by atoms with van der Waals surface area (Å²) in [5.41, 5.74) is 2.17. The molecule has 0 spiro atoms. The van der Waals surface area contributed by atoms with Crippen molar-refractivity contribution >= 4 is 12.0 Å². The fourth-order valence-electron chi connectivity index (χ4n) is 2.29. The summed E-state index contributed by atoms with van der Waals surface area (Å²) in [6.07, 6.45) is 8.23. The lowest BCUT2D eigenvalue weighted by molar-refractivity contribution is -0.109. The smallest absolute Gasteiger partial charge is 0.141 e. The Morgan fingerprint density at radius 1 is 0.952 bits per heavy atom. The van der Waals surface area contributed by atoms with E-state index in [2.05, 4.69) is 36.6 Å². The van der Waals surface area contributed by atoms with Crippen molar-refractivity contribution in [3.63, 3.8) is 0 Å². The molecule has 0 amide bonds. The second-order valence-electron chi connectivity index (χ2n) is 5.53. The van der Waals surface area contributed by atoms with Gasteiger partial charge in [0.1, 0.15) is 6.29 Å². The lowest BCUT2D eigenvalue weighted by Gasteiger charge is -2.14. The first-order chi connectivity index (χ1) is 10.3. The number of rotatable bonds is 12. The van der Waals surface area contributed by atoms with Crippen LogP contribution in [0.15, 0.2) is 24.3 Å². The van der Waals surface area contributed by atoms with Crippen molar-refractivity contribution in [2.45, 2.75) is 58.4 Å². The lowest BCUT2D eigenvalue weighted by Crippen LogP contribution is -2.23. The average Bonchev–Trinajstić information content (AvgIpc) is 2.53. The highest BCUT2D eigenvalue weighted by Crippen LogP contribution is 2.15. The molecule has 0 aliphatic carbocycles. The third-order valence-corrected chi connectivity index (χ3v) is 3.66. The summed E-state index contributed by atoms with van der Waals surface area (Å²) in [6.45, 7) is 6.30. The lowest BCUT2D eigenvalue weighted by atomic mass is 10.1. The minimum absolute atomic E-state index is 0.184. The molecule has 0 fully saturated rings. The second kappa shape index (κ2) is 11.3. The normalized spacial score (nSPS) is 12.1. The number of anilines is 1. The van der Waals surface area contributed by atoms with Crippen molar-refractivity contribution < 1.29 is 4.79 Å². The molecule has 3 heteroatoms. The Bertz CT molecular complexity index is 375. The van der Waals surface area contributed by atoms with Crippen LogP contribution in [0, 0.1) is 0 Å². The molecule has 0 heterocycles.